The lowest BCUT2D eigenvalue weighted by molar-refractivity contribution is -0.125. The molecule has 198 valence electrons. The number of para-hydroxylation sites is 2. The molecule has 4 N–H and O–H groups in total. The number of hydrogen-bond donors (Lipinski definition) is 3. The number of amides is 1. The lowest BCUT2D eigenvalue weighted by Gasteiger charge is -2.24. The van der Waals surface area contributed by atoms with Crippen molar-refractivity contribution in [2.24, 2.45) is 11.7 Å². The third-order valence-corrected chi connectivity index (χ3v) is 7.15. The van der Waals surface area contributed by atoms with Gasteiger partial charge in [0.1, 0.15) is 11.5 Å². The number of hydrogen-bond acceptors (Lipinski definition) is 5. The number of Topliss-reactive ketones (excluding diaryl/α,β-unsaturated/α-hetero) is 1. The predicted molar refractivity (Wildman–Crippen MR) is 153 cm³/mol. The number of benzene rings is 3. The van der Waals surface area contributed by atoms with E-state index in [9.17, 15) is 9.59 Å². The van der Waals surface area contributed by atoms with E-state index in [1.807, 2.05) is 85.1 Å². The summed E-state index contributed by atoms with van der Waals surface area (Å²) < 4.78 is 5.40. The van der Waals surface area contributed by atoms with Gasteiger partial charge in [0, 0.05) is 41.5 Å². The highest BCUT2D eigenvalue weighted by molar-refractivity contribution is 5.89. The topological polar surface area (TPSA) is 110 Å². The summed E-state index contributed by atoms with van der Waals surface area (Å²) in [4.78, 5) is 34.3. The van der Waals surface area contributed by atoms with Crippen LogP contribution in [0.5, 0.6) is 5.75 Å². The normalized spacial score (nSPS) is 12.8. The Hall–Kier alpha value is -4.49. The first-order valence-corrected chi connectivity index (χ1v) is 13.1. The van der Waals surface area contributed by atoms with E-state index in [1.165, 1.54) is 0 Å². The Bertz CT molecular complexity index is 1610. The van der Waals surface area contributed by atoms with Crippen LogP contribution in [-0.4, -0.2) is 34.9 Å². The third kappa shape index (κ3) is 6.16. The smallest absolute Gasteiger partial charge is 0.221 e. The van der Waals surface area contributed by atoms with Gasteiger partial charge in [0.05, 0.1) is 24.7 Å². The maximum Gasteiger partial charge on any atom is 0.221 e. The molecule has 0 bridgehead atoms. The molecule has 1 amide bonds. The molecule has 39 heavy (non-hydrogen) atoms. The first-order chi connectivity index (χ1) is 19.0. The van der Waals surface area contributed by atoms with Crippen molar-refractivity contribution < 1.29 is 14.3 Å². The fraction of sp³-hybridized carbons (Fsp3) is 0.219. The molecular weight excluding hydrogens is 488 g/mol. The Morgan fingerprint density at radius 2 is 1.82 bits per heavy atom. The average Bonchev–Trinajstić information content (AvgIpc) is 3.37. The Morgan fingerprint density at radius 3 is 2.69 bits per heavy atom. The van der Waals surface area contributed by atoms with Crippen LogP contribution < -0.4 is 15.8 Å². The first kappa shape index (κ1) is 26.1. The largest absolute Gasteiger partial charge is 0.496 e. The van der Waals surface area contributed by atoms with E-state index in [1.54, 1.807) is 13.3 Å². The number of fused-ring (bicyclic) bond motifs is 2. The number of nitrogens with one attached hydrogen (secondary N) is 2. The molecule has 0 radical (unpaired) electrons. The summed E-state index contributed by atoms with van der Waals surface area (Å²) in [5.41, 5.74) is 11.2. The second-order valence-corrected chi connectivity index (χ2v) is 9.75. The number of H-pyrrole nitrogens is 1. The van der Waals surface area contributed by atoms with Crippen molar-refractivity contribution in [3.05, 3.63) is 108 Å². The molecule has 0 saturated carbocycles. The lowest BCUT2D eigenvalue weighted by Crippen LogP contribution is -2.50. The summed E-state index contributed by atoms with van der Waals surface area (Å²) in [5.74, 6) is -0.0976. The van der Waals surface area contributed by atoms with Gasteiger partial charge in [0.2, 0.25) is 5.91 Å². The van der Waals surface area contributed by atoms with Gasteiger partial charge >= 0.3 is 0 Å². The zero-order chi connectivity index (χ0) is 27.2. The molecule has 5 aromatic rings. The molecule has 7 heteroatoms. The van der Waals surface area contributed by atoms with Crippen LogP contribution in [0.15, 0.2) is 91.3 Å². The van der Waals surface area contributed by atoms with Crippen LogP contribution in [0, 0.1) is 5.92 Å². The van der Waals surface area contributed by atoms with Crippen LogP contribution >= 0.6 is 0 Å². The van der Waals surface area contributed by atoms with Crippen molar-refractivity contribution in [3.63, 3.8) is 0 Å². The highest BCUT2D eigenvalue weighted by Gasteiger charge is 2.28. The molecule has 3 aromatic carbocycles. The molecule has 0 saturated heterocycles. The number of aromatic amines is 1. The monoisotopic (exact) mass is 520 g/mol. The number of nitrogens with zero attached hydrogens (tertiary/aromatic N) is 1. The number of ketones is 1. The fourth-order valence-corrected chi connectivity index (χ4v) is 5.06. The molecule has 0 aliphatic rings. The van der Waals surface area contributed by atoms with Gasteiger partial charge in [-0.05, 0) is 59.9 Å². The van der Waals surface area contributed by atoms with Gasteiger partial charge in [-0.25, -0.2) is 0 Å². The standard InChI is InChI=1S/C32H32N4O3/c1-39-30-11-5-2-7-22(30)13-15-31(38)36-32(33)26(19-24-20-35-28-10-4-3-9-25(24)28)29(37)18-21-12-14-27-23(17-21)8-6-16-34-27/h2-12,14,16-17,20,26,32,35H,13,15,18-19,33H2,1H3,(H,36,38). The van der Waals surface area contributed by atoms with Gasteiger partial charge < -0.3 is 20.8 Å². The number of aryl methyl sites for hydroxylation is 1. The van der Waals surface area contributed by atoms with Crippen molar-refractivity contribution in [1.29, 1.82) is 0 Å². The first-order valence-electron chi connectivity index (χ1n) is 13.1. The molecule has 2 unspecified atom stereocenters. The van der Waals surface area contributed by atoms with E-state index < -0.39 is 12.1 Å². The molecule has 7 nitrogen and oxygen atoms in total. The molecule has 0 spiro atoms. The maximum absolute atomic E-state index is 13.7. The van der Waals surface area contributed by atoms with E-state index >= 15 is 0 Å². The summed E-state index contributed by atoms with van der Waals surface area (Å²) in [6, 6.07) is 25.3. The van der Waals surface area contributed by atoms with Crippen molar-refractivity contribution in [3.8, 4) is 5.75 Å². The summed E-state index contributed by atoms with van der Waals surface area (Å²) in [5, 5.41) is 4.92. The second-order valence-electron chi connectivity index (χ2n) is 9.75. The number of nitrogens with two attached hydrogens (primary N) is 1. The van der Waals surface area contributed by atoms with Crippen LogP contribution in [0.4, 0.5) is 0 Å². The molecule has 2 heterocycles. The number of rotatable bonds is 11. The van der Waals surface area contributed by atoms with Gasteiger partial charge in [-0.2, -0.15) is 0 Å². The van der Waals surface area contributed by atoms with Gasteiger partial charge in [-0.15, -0.1) is 0 Å². The second kappa shape index (κ2) is 11.9. The summed E-state index contributed by atoms with van der Waals surface area (Å²) in [6.45, 7) is 0. The molecule has 0 aliphatic heterocycles. The summed E-state index contributed by atoms with van der Waals surface area (Å²) in [7, 11) is 1.61. The van der Waals surface area contributed by atoms with Crippen molar-refractivity contribution in [2.45, 2.75) is 31.8 Å². The Balaban J connectivity index is 1.33. The SMILES string of the molecule is COc1ccccc1CCC(=O)NC(N)C(Cc1c[nH]c2ccccc12)C(=O)Cc1ccc2ncccc2c1. The summed E-state index contributed by atoms with van der Waals surface area (Å²) >= 11 is 0. The lowest BCUT2D eigenvalue weighted by atomic mass is 9.88. The van der Waals surface area contributed by atoms with Gasteiger partial charge in [-0.1, -0.05) is 48.5 Å². The minimum atomic E-state index is -0.835. The third-order valence-electron chi connectivity index (χ3n) is 7.15. The number of aromatic nitrogens is 2. The molecule has 0 aliphatic carbocycles. The van der Waals surface area contributed by atoms with Crippen molar-refractivity contribution in [2.75, 3.05) is 7.11 Å². The molecular formula is C32H32N4O3. The van der Waals surface area contributed by atoms with E-state index in [-0.39, 0.29) is 24.5 Å². The van der Waals surface area contributed by atoms with E-state index in [0.717, 1.165) is 44.2 Å². The average molecular weight is 521 g/mol. The highest BCUT2D eigenvalue weighted by Crippen LogP contribution is 2.24. The number of carbonyl (C=O) groups is 2. The van der Waals surface area contributed by atoms with Gasteiger partial charge in [-0.3, -0.25) is 14.6 Å². The Kier molecular flexibility index (Phi) is 7.99. The van der Waals surface area contributed by atoms with Gasteiger partial charge in [0.25, 0.3) is 0 Å². The van der Waals surface area contributed by atoms with Crippen LogP contribution in [0.1, 0.15) is 23.1 Å². The Labute approximate surface area is 227 Å². The van der Waals surface area contributed by atoms with Crippen molar-refractivity contribution in [1.82, 2.24) is 15.3 Å². The Morgan fingerprint density at radius 1 is 1.00 bits per heavy atom. The number of methoxy groups -OCH3 is 1. The van der Waals surface area contributed by atoms with Crippen LogP contribution in [0.2, 0.25) is 0 Å². The zero-order valence-corrected chi connectivity index (χ0v) is 21.9. The maximum atomic E-state index is 13.7. The van der Waals surface area contributed by atoms with Gasteiger partial charge in [0.15, 0.2) is 0 Å². The highest BCUT2D eigenvalue weighted by atomic mass is 16.5. The predicted octanol–water partition coefficient (Wildman–Crippen LogP) is 4.73. The zero-order valence-electron chi connectivity index (χ0n) is 21.9. The quantitative estimate of drug-likeness (QED) is 0.218. The minimum Gasteiger partial charge on any atom is -0.496 e. The van der Waals surface area contributed by atoms with E-state index in [4.69, 9.17) is 10.5 Å². The fourth-order valence-electron chi connectivity index (χ4n) is 5.06. The minimum absolute atomic E-state index is 0.0268. The van der Waals surface area contributed by atoms with Crippen LogP contribution in [0.3, 0.4) is 0 Å². The van der Waals surface area contributed by atoms with Crippen LogP contribution in [0.25, 0.3) is 21.8 Å². The van der Waals surface area contributed by atoms with Crippen LogP contribution in [-0.2, 0) is 28.9 Å². The van der Waals surface area contributed by atoms with E-state index in [0.29, 0.717) is 12.8 Å². The van der Waals surface area contributed by atoms with Crippen molar-refractivity contribution >= 4 is 33.5 Å². The number of pyridine rings is 1. The molecule has 2 aromatic heterocycles. The number of ether oxygens (including phenoxy) is 1. The number of carbonyl (C=O) groups excluding carboxylic acids is 2. The summed E-state index contributed by atoms with van der Waals surface area (Å²) in [6.07, 6.45) is 4.20. The molecule has 2 atom stereocenters. The molecule has 5 rings (SSSR count). The van der Waals surface area contributed by atoms with E-state index in [2.05, 4.69) is 15.3 Å². The molecule has 0 fully saturated rings.